The summed E-state index contributed by atoms with van der Waals surface area (Å²) >= 11 is 0. The highest BCUT2D eigenvalue weighted by atomic mass is 19.3. The number of rotatable bonds is 9. The van der Waals surface area contributed by atoms with Crippen molar-refractivity contribution in [3.63, 3.8) is 0 Å². The van der Waals surface area contributed by atoms with Gasteiger partial charge in [-0.2, -0.15) is 8.78 Å². The number of nitrogens with one attached hydrogen (secondary N) is 1. The Kier molecular flexibility index (Phi) is 7.53. The van der Waals surface area contributed by atoms with Crippen LogP contribution in [0, 0.1) is 5.92 Å². The fourth-order valence-electron chi connectivity index (χ4n) is 3.02. The monoisotopic (exact) mass is 422 g/mol. The van der Waals surface area contributed by atoms with E-state index in [9.17, 15) is 14.4 Å². The van der Waals surface area contributed by atoms with E-state index < -0.39 is 34.3 Å². The molecule has 0 bridgehead atoms. The number of carbonyl (C=O) groups is 1. The van der Waals surface area contributed by atoms with Crippen molar-refractivity contribution in [2.75, 3.05) is 17.2 Å². The highest BCUT2D eigenvalue weighted by Gasteiger charge is 2.45. The third-order valence-electron chi connectivity index (χ3n) is 4.80. The number of benzene rings is 1. The van der Waals surface area contributed by atoms with Crippen LogP contribution in [0.4, 0.5) is 20.3 Å². The molecule has 0 saturated carbocycles. The van der Waals surface area contributed by atoms with Gasteiger partial charge < -0.3 is 5.73 Å². The molecule has 1 heterocycles. The lowest BCUT2D eigenvalue weighted by molar-refractivity contribution is -0.144. The van der Waals surface area contributed by atoms with Crippen LogP contribution in [0.2, 0.25) is 0 Å². The van der Waals surface area contributed by atoms with Crippen molar-refractivity contribution in [1.82, 2.24) is 9.55 Å². The first kappa shape index (κ1) is 23.3. The minimum absolute atomic E-state index is 0.0805. The first-order chi connectivity index (χ1) is 14.1. The quantitative estimate of drug-likeness (QED) is 0.648. The molecule has 0 saturated heterocycles. The van der Waals surface area contributed by atoms with Gasteiger partial charge in [-0.15, -0.1) is 0 Å². The molecule has 1 aromatic carbocycles. The second-order valence-electron chi connectivity index (χ2n) is 7.58. The zero-order chi connectivity index (χ0) is 22.5. The number of halogens is 2. The predicted octanol–water partition coefficient (Wildman–Crippen LogP) is 3.09. The zero-order valence-electron chi connectivity index (χ0n) is 17.5. The number of alkyl halides is 2. The molecule has 30 heavy (non-hydrogen) atoms. The highest BCUT2D eigenvalue weighted by molar-refractivity contribution is 6.00. The van der Waals surface area contributed by atoms with E-state index in [2.05, 4.69) is 4.98 Å². The van der Waals surface area contributed by atoms with Crippen LogP contribution in [0.15, 0.2) is 39.9 Å². The summed E-state index contributed by atoms with van der Waals surface area (Å²) in [5.41, 5.74) is 3.44. The minimum Gasteiger partial charge on any atom is -0.383 e. The summed E-state index contributed by atoms with van der Waals surface area (Å²) in [6.45, 7) is 5.71. The van der Waals surface area contributed by atoms with Crippen molar-refractivity contribution >= 4 is 17.4 Å². The Morgan fingerprint density at radius 1 is 1.23 bits per heavy atom. The van der Waals surface area contributed by atoms with Crippen molar-refractivity contribution < 1.29 is 13.6 Å². The Hall–Kier alpha value is -2.97. The minimum atomic E-state index is -3.87. The first-order valence-electron chi connectivity index (χ1n) is 9.99. The van der Waals surface area contributed by atoms with Gasteiger partial charge in [0.25, 0.3) is 5.56 Å². The molecule has 2 aromatic rings. The number of carbonyl (C=O) groups excluding carboxylic acids is 1. The summed E-state index contributed by atoms with van der Waals surface area (Å²) in [5, 5.41) is 0. The van der Waals surface area contributed by atoms with Crippen LogP contribution < -0.4 is 21.9 Å². The van der Waals surface area contributed by atoms with E-state index in [4.69, 9.17) is 5.73 Å². The number of nitrogens with zero attached hydrogens (tertiary/aromatic N) is 2. The van der Waals surface area contributed by atoms with Crippen LogP contribution in [0.5, 0.6) is 0 Å². The van der Waals surface area contributed by atoms with Crippen LogP contribution in [0.1, 0.15) is 45.6 Å². The normalized spacial score (nSPS) is 11.7. The van der Waals surface area contributed by atoms with Gasteiger partial charge in [0.2, 0.25) is 0 Å². The van der Waals surface area contributed by atoms with Crippen molar-refractivity contribution in [1.29, 1.82) is 0 Å². The lowest BCUT2D eigenvalue weighted by Gasteiger charge is -2.28. The third kappa shape index (κ3) is 4.95. The number of amides is 1. The molecule has 0 fully saturated rings. The predicted molar refractivity (Wildman–Crippen MR) is 113 cm³/mol. The number of aromatic nitrogens is 2. The van der Waals surface area contributed by atoms with Gasteiger partial charge >= 0.3 is 17.5 Å². The molecular weight excluding hydrogens is 394 g/mol. The molecule has 9 heteroatoms. The number of anilines is 2. The Balaban J connectivity index is 2.61. The summed E-state index contributed by atoms with van der Waals surface area (Å²) < 4.78 is 31.2. The van der Waals surface area contributed by atoms with Gasteiger partial charge in [-0.3, -0.25) is 24.0 Å². The van der Waals surface area contributed by atoms with Crippen molar-refractivity contribution in [2.45, 2.75) is 52.5 Å². The number of unbranched alkanes of at least 4 members (excludes halogenated alkanes) is 1. The molecule has 7 nitrogen and oxygen atoms in total. The molecule has 0 aliphatic rings. The van der Waals surface area contributed by atoms with Crippen LogP contribution >= 0.6 is 0 Å². The van der Waals surface area contributed by atoms with Gasteiger partial charge in [0.05, 0.1) is 0 Å². The Morgan fingerprint density at radius 2 is 1.87 bits per heavy atom. The largest absolute Gasteiger partial charge is 0.383 e. The van der Waals surface area contributed by atoms with E-state index in [-0.39, 0.29) is 24.8 Å². The molecule has 0 aliphatic carbocycles. The SMILES string of the molecule is CCCCn1c(N)c(N(CCC(C)C)C(=O)C(F)(F)c2ccccc2)c(=O)[nH]c1=O. The first-order valence-corrected chi connectivity index (χ1v) is 9.99. The molecule has 0 spiro atoms. The molecule has 1 aromatic heterocycles. The van der Waals surface area contributed by atoms with Gasteiger partial charge in [0, 0.05) is 18.7 Å². The molecule has 3 N–H and O–H groups in total. The lowest BCUT2D eigenvalue weighted by Crippen LogP contribution is -2.47. The van der Waals surface area contributed by atoms with Crippen molar-refractivity contribution in [3.8, 4) is 0 Å². The van der Waals surface area contributed by atoms with E-state index in [1.54, 1.807) is 6.07 Å². The fourth-order valence-corrected chi connectivity index (χ4v) is 3.02. The molecule has 0 unspecified atom stereocenters. The van der Waals surface area contributed by atoms with Gasteiger partial charge in [-0.1, -0.05) is 57.5 Å². The number of H-pyrrole nitrogens is 1. The molecule has 0 atom stereocenters. The van der Waals surface area contributed by atoms with E-state index in [0.717, 1.165) is 23.1 Å². The van der Waals surface area contributed by atoms with E-state index in [1.807, 2.05) is 20.8 Å². The fraction of sp³-hybridized carbons (Fsp3) is 0.476. The molecule has 164 valence electrons. The van der Waals surface area contributed by atoms with E-state index in [0.29, 0.717) is 17.7 Å². The van der Waals surface area contributed by atoms with Crippen molar-refractivity contribution in [2.24, 2.45) is 5.92 Å². The average Bonchev–Trinajstić information content (AvgIpc) is 2.70. The van der Waals surface area contributed by atoms with Gasteiger partial charge in [0.15, 0.2) is 5.69 Å². The number of nitrogen functional groups attached to an aromatic ring is 1. The van der Waals surface area contributed by atoms with Gasteiger partial charge in [-0.05, 0) is 18.8 Å². The average molecular weight is 422 g/mol. The van der Waals surface area contributed by atoms with Gasteiger partial charge in [0.1, 0.15) is 5.82 Å². The van der Waals surface area contributed by atoms with Crippen LogP contribution in [0.25, 0.3) is 0 Å². The van der Waals surface area contributed by atoms with Crippen LogP contribution in [-0.4, -0.2) is 22.0 Å². The maximum absolute atomic E-state index is 15.0. The second kappa shape index (κ2) is 9.69. The summed E-state index contributed by atoms with van der Waals surface area (Å²) in [6.07, 6.45) is 1.71. The number of aromatic amines is 1. The Labute approximate surface area is 173 Å². The number of hydrogen-bond acceptors (Lipinski definition) is 4. The molecule has 0 radical (unpaired) electrons. The lowest BCUT2D eigenvalue weighted by atomic mass is 10.1. The maximum Gasteiger partial charge on any atom is 0.350 e. The topological polar surface area (TPSA) is 101 Å². The molecule has 0 aliphatic heterocycles. The summed E-state index contributed by atoms with van der Waals surface area (Å²) in [5.74, 6) is -5.65. The van der Waals surface area contributed by atoms with Crippen LogP contribution in [-0.2, 0) is 17.3 Å². The molecule has 1 amide bonds. The van der Waals surface area contributed by atoms with E-state index in [1.165, 1.54) is 12.1 Å². The van der Waals surface area contributed by atoms with Gasteiger partial charge in [-0.25, -0.2) is 4.79 Å². The molecule has 2 rings (SSSR count). The second-order valence-corrected chi connectivity index (χ2v) is 7.58. The van der Waals surface area contributed by atoms with Crippen molar-refractivity contribution in [3.05, 3.63) is 56.7 Å². The highest BCUT2D eigenvalue weighted by Crippen LogP contribution is 2.33. The smallest absolute Gasteiger partial charge is 0.350 e. The summed E-state index contributed by atoms with van der Waals surface area (Å²) in [7, 11) is 0. The molecular formula is C21H28F2N4O3. The van der Waals surface area contributed by atoms with E-state index >= 15 is 8.78 Å². The maximum atomic E-state index is 15.0. The zero-order valence-corrected chi connectivity index (χ0v) is 17.5. The Morgan fingerprint density at radius 3 is 2.43 bits per heavy atom. The summed E-state index contributed by atoms with van der Waals surface area (Å²) in [4.78, 5) is 40.5. The Bertz CT molecular complexity index is 984. The third-order valence-corrected chi connectivity index (χ3v) is 4.80. The van der Waals surface area contributed by atoms with Crippen LogP contribution in [0.3, 0.4) is 0 Å². The number of nitrogens with two attached hydrogens (primary N) is 1. The standard InChI is InChI=1S/C21H28F2N4O3/c1-4-5-12-27-17(24)16(18(28)25-20(27)30)26(13-11-14(2)3)19(29)21(22,23)15-9-7-6-8-10-15/h6-10,14H,4-5,11-13,24H2,1-3H3,(H,25,28,30). The number of hydrogen-bond donors (Lipinski definition) is 2. The summed E-state index contributed by atoms with van der Waals surface area (Å²) in [6, 6.07) is 6.66.